The van der Waals surface area contributed by atoms with Crippen LogP contribution in [0.3, 0.4) is 0 Å². The molecule has 6 aromatic rings. The number of hydrogen-bond donors (Lipinski definition) is 2. The van der Waals surface area contributed by atoms with Crippen LogP contribution in [0.15, 0.2) is 121 Å². The third kappa shape index (κ3) is 9.62. The largest absolute Gasteiger partial charge is 0.496 e. The molecular weight excluding hydrogens is 797 g/mol. The number of fused-ring (bicyclic) bond motifs is 3. The quantitative estimate of drug-likeness (QED) is 0.0684. The smallest absolute Gasteiger partial charge is 0.130 e. The van der Waals surface area contributed by atoms with Gasteiger partial charge in [0.2, 0.25) is 0 Å². The summed E-state index contributed by atoms with van der Waals surface area (Å²) in [5.74, 6) is 2.65. The number of benzene rings is 6. The van der Waals surface area contributed by atoms with Crippen molar-refractivity contribution in [2.75, 3.05) is 55.4 Å². The van der Waals surface area contributed by atoms with Crippen molar-refractivity contribution in [2.24, 2.45) is 0 Å². The molecule has 0 bridgehead atoms. The van der Waals surface area contributed by atoms with Gasteiger partial charge in [-0.15, -0.1) is 0 Å². The standard InChI is InChI=1S/C53H58O10/c1-7-43(54)32-61-45-20-16-41(17-21-45)53(49-14-10-8-12-47(49)48-13-9-11-15-50(48)53)42-18-22-46(23-19-42)62-33-44(55)34-63-52-39(30-58-4)26-36(27-40(52)31-59-5)35-24-37(28-56-2)51(60-6)38(25-35)29-57-3/h8-27,43-44,54-55H,7,28-34H2,1-6H3. The van der Waals surface area contributed by atoms with E-state index in [2.05, 4.69) is 84.9 Å². The van der Waals surface area contributed by atoms with Crippen LogP contribution in [-0.2, 0) is 50.8 Å². The van der Waals surface area contributed by atoms with Crippen molar-refractivity contribution in [3.05, 3.63) is 166 Å². The highest BCUT2D eigenvalue weighted by molar-refractivity contribution is 5.86. The summed E-state index contributed by atoms with van der Waals surface area (Å²) in [4.78, 5) is 0. The second-order valence-corrected chi connectivity index (χ2v) is 15.7. The molecule has 63 heavy (non-hydrogen) atoms. The summed E-state index contributed by atoms with van der Waals surface area (Å²) in [5, 5.41) is 21.3. The molecule has 1 aliphatic carbocycles. The number of hydrogen-bond acceptors (Lipinski definition) is 10. The molecule has 0 saturated heterocycles. The molecule has 6 aromatic carbocycles. The maximum atomic E-state index is 11.2. The Labute approximate surface area is 370 Å². The zero-order valence-electron chi connectivity index (χ0n) is 37.0. The van der Waals surface area contributed by atoms with E-state index in [4.69, 9.17) is 37.9 Å². The zero-order chi connectivity index (χ0) is 44.3. The van der Waals surface area contributed by atoms with Gasteiger partial charge in [-0.3, -0.25) is 0 Å². The van der Waals surface area contributed by atoms with E-state index in [1.165, 1.54) is 22.3 Å². The first-order valence-electron chi connectivity index (χ1n) is 21.3. The molecule has 2 atom stereocenters. The van der Waals surface area contributed by atoms with Gasteiger partial charge in [-0.2, -0.15) is 0 Å². The molecule has 0 radical (unpaired) electrons. The molecular formula is C53H58O10. The normalized spacial score (nSPS) is 13.5. The summed E-state index contributed by atoms with van der Waals surface area (Å²) < 4.78 is 46.5. The zero-order valence-corrected chi connectivity index (χ0v) is 37.0. The predicted octanol–water partition coefficient (Wildman–Crippen LogP) is 9.28. The van der Waals surface area contributed by atoms with Crippen LogP contribution in [0.2, 0.25) is 0 Å². The second-order valence-electron chi connectivity index (χ2n) is 15.7. The fourth-order valence-electron chi connectivity index (χ4n) is 8.70. The van der Waals surface area contributed by atoms with Crippen LogP contribution in [0, 0.1) is 0 Å². The van der Waals surface area contributed by atoms with E-state index in [0.29, 0.717) is 36.9 Å². The van der Waals surface area contributed by atoms with Crippen molar-refractivity contribution < 1.29 is 48.1 Å². The van der Waals surface area contributed by atoms with Crippen LogP contribution >= 0.6 is 0 Å². The third-order valence-corrected chi connectivity index (χ3v) is 11.5. The van der Waals surface area contributed by atoms with E-state index >= 15 is 0 Å². The number of rotatable bonds is 22. The molecule has 0 heterocycles. The van der Waals surface area contributed by atoms with Gasteiger partial charge in [0.25, 0.3) is 0 Å². The second kappa shape index (κ2) is 21.1. The molecule has 2 N–H and O–H groups in total. The minimum atomic E-state index is -0.941. The fraction of sp³-hybridized carbons (Fsp3) is 0.321. The molecule has 2 unspecified atom stereocenters. The summed E-state index contributed by atoms with van der Waals surface area (Å²) in [7, 11) is 8.24. The van der Waals surface area contributed by atoms with Crippen molar-refractivity contribution in [2.45, 2.75) is 57.4 Å². The van der Waals surface area contributed by atoms with Gasteiger partial charge in [-0.05, 0) is 99.5 Å². The lowest BCUT2D eigenvalue weighted by molar-refractivity contribution is 0.0601. The average molecular weight is 855 g/mol. The maximum Gasteiger partial charge on any atom is 0.130 e. The Kier molecular flexibility index (Phi) is 15.2. The number of aliphatic hydroxyl groups excluding tert-OH is 2. The minimum Gasteiger partial charge on any atom is -0.496 e. The van der Waals surface area contributed by atoms with Gasteiger partial charge in [0.05, 0.1) is 45.1 Å². The lowest BCUT2D eigenvalue weighted by Crippen LogP contribution is -2.28. The topological polar surface area (TPSA) is 114 Å². The molecule has 330 valence electrons. The first-order chi connectivity index (χ1) is 30.8. The highest BCUT2D eigenvalue weighted by Gasteiger charge is 2.46. The minimum absolute atomic E-state index is 0.0120. The molecule has 0 amide bonds. The van der Waals surface area contributed by atoms with Crippen LogP contribution in [0.5, 0.6) is 23.0 Å². The summed E-state index contributed by atoms with van der Waals surface area (Å²) in [6.07, 6.45) is -0.830. The Morgan fingerprint density at radius 1 is 0.460 bits per heavy atom. The first-order valence-corrected chi connectivity index (χ1v) is 21.3. The van der Waals surface area contributed by atoms with Crippen LogP contribution in [0.4, 0.5) is 0 Å². The highest BCUT2D eigenvalue weighted by atomic mass is 16.5. The lowest BCUT2D eigenvalue weighted by Gasteiger charge is -2.34. The summed E-state index contributed by atoms with van der Waals surface area (Å²) >= 11 is 0. The Morgan fingerprint density at radius 2 is 0.841 bits per heavy atom. The van der Waals surface area contributed by atoms with E-state index in [1.54, 1.807) is 35.5 Å². The van der Waals surface area contributed by atoms with Gasteiger partial charge >= 0.3 is 0 Å². The maximum absolute atomic E-state index is 11.2. The molecule has 10 heteroatoms. The molecule has 7 rings (SSSR count). The van der Waals surface area contributed by atoms with Gasteiger partial charge in [0, 0.05) is 50.7 Å². The molecule has 0 fully saturated rings. The Hall–Kier alpha value is -5.72. The SMILES string of the molecule is CCC(O)COc1ccc(C2(c3ccc(OCC(O)COc4c(COC)cc(-c5cc(COC)c(OC)c(COC)c5)cc4COC)cc3)c3ccccc3-c3ccccc32)cc1. The van der Waals surface area contributed by atoms with E-state index in [-0.39, 0.29) is 33.0 Å². The van der Waals surface area contributed by atoms with Gasteiger partial charge in [-0.1, -0.05) is 79.7 Å². The van der Waals surface area contributed by atoms with Crippen LogP contribution < -0.4 is 18.9 Å². The fourth-order valence-corrected chi connectivity index (χ4v) is 8.70. The van der Waals surface area contributed by atoms with Gasteiger partial charge in [0.1, 0.15) is 48.9 Å². The molecule has 1 aliphatic rings. The monoisotopic (exact) mass is 854 g/mol. The molecule has 0 spiro atoms. The van der Waals surface area contributed by atoms with Crippen molar-refractivity contribution in [3.63, 3.8) is 0 Å². The van der Waals surface area contributed by atoms with E-state index in [9.17, 15) is 10.2 Å². The van der Waals surface area contributed by atoms with Crippen molar-refractivity contribution in [1.29, 1.82) is 0 Å². The predicted molar refractivity (Wildman–Crippen MR) is 244 cm³/mol. The van der Waals surface area contributed by atoms with Crippen LogP contribution in [0.1, 0.15) is 57.9 Å². The van der Waals surface area contributed by atoms with Gasteiger partial charge < -0.3 is 48.1 Å². The Balaban J connectivity index is 1.11. The van der Waals surface area contributed by atoms with Gasteiger partial charge in [0.15, 0.2) is 0 Å². The van der Waals surface area contributed by atoms with Crippen molar-refractivity contribution in [3.8, 4) is 45.3 Å². The summed E-state index contributed by atoms with van der Waals surface area (Å²) in [6.45, 7) is 3.47. The summed E-state index contributed by atoms with van der Waals surface area (Å²) in [6, 6.07) is 41.6. The van der Waals surface area contributed by atoms with Crippen molar-refractivity contribution in [1.82, 2.24) is 0 Å². The lowest BCUT2D eigenvalue weighted by atomic mass is 9.68. The molecule has 0 aliphatic heterocycles. The Bertz CT molecular complexity index is 2330. The molecule has 10 nitrogen and oxygen atoms in total. The number of methoxy groups -OCH3 is 5. The first kappa shape index (κ1) is 45.3. The van der Waals surface area contributed by atoms with E-state index < -0.39 is 17.6 Å². The number of aliphatic hydroxyl groups is 2. The van der Waals surface area contributed by atoms with Gasteiger partial charge in [-0.25, -0.2) is 0 Å². The van der Waals surface area contributed by atoms with E-state index in [0.717, 1.165) is 50.3 Å². The summed E-state index contributed by atoms with van der Waals surface area (Å²) in [5.41, 5.74) is 11.6. The van der Waals surface area contributed by atoms with Crippen LogP contribution in [-0.4, -0.2) is 77.8 Å². The van der Waals surface area contributed by atoms with Crippen LogP contribution in [0.25, 0.3) is 22.3 Å². The molecule has 0 saturated carbocycles. The number of ether oxygens (including phenoxy) is 8. The Morgan fingerprint density at radius 3 is 1.24 bits per heavy atom. The molecule has 0 aromatic heterocycles. The third-order valence-electron chi connectivity index (χ3n) is 11.5. The van der Waals surface area contributed by atoms with Crippen molar-refractivity contribution >= 4 is 0 Å². The average Bonchev–Trinajstić information content (AvgIpc) is 3.61. The highest BCUT2D eigenvalue weighted by Crippen LogP contribution is 2.56. The van der Waals surface area contributed by atoms with E-state index in [1.807, 2.05) is 43.3 Å².